The van der Waals surface area contributed by atoms with E-state index in [1.165, 1.54) is 16.9 Å². The maximum absolute atomic E-state index is 13.6. The standard InChI is InChI=1S/C24H25ClF2N6O5S2/c1-38-22(35)18(9-14-8-13-2-5-29-20(28)15(13)10-16(14)25)33-6-3-17(21(33)34)31-40(36,37)19-11-30-23(39-19)32-7-4-24(26,27)12-32/h2,5,8,10-11,17-18,31H,3-4,6-7,9,12H2,1H3,(H2,28,29). The number of carbonyl (C=O) groups is 2. The SMILES string of the molecule is COC(=O)C(Cc1cc2ccnc(N)c2cc1Cl)N1CCC(NS(=O)(=O)c2cnc(N3CCC(F)(F)C3)s2)C1=O. The van der Waals surface area contributed by atoms with Crippen molar-refractivity contribution in [1.29, 1.82) is 0 Å². The van der Waals surface area contributed by atoms with E-state index >= 15 is 0 Å². The summed E-state index contributed by atoms with van der Waals surface area (Å²) in [5, 5.41) is 1.87. The molecule has 0 bridgehead atoms. The smallest absolute Gasteiger partial charge is 0.328 e. The zero-order valence-electron chi connectivity index (χ0n) is 21.1. The Morgan fingerprint density at radius 1 is 1.35 bits per heavy atom. The molecule has 2 aliphatic heterocycles. The van der Waals surface area contributed by atoms with Crippen molar-refractivity contribution >= 4 is 66.6 Å². The Kier molecular flexibility index (Phi) is 7.58. The summed E-state index contributed by atoms with van der Waals surface area (Å²) in [6.45, 7) is -0.390. The van der Waals surface area contributed by atoms with Gasteiger partial charge in [0.2, 0.25) is 5.91 Å². The normalized spacial score (nSPS) is 19.9. The van der Waals surface area contributed by atoms with Crippen LogP contribution >= 0.6 is 22.9 Å². The van der Waals surface area contributed by atoms with Crippen LogP contribution in [0.4, 0.5) is 19.7 Å². The Hall–Kier alpha value is -3.14. The maximum Gasteiger partial charge on any atom is 0.328 e. The van der Waals surface area contributed by atoms with E-state index in [0.717, 1.165) is 22.9 Å². The third kappa shape index (κ3) is 5.55. The molecule has 5 rings (SSSR count). The molecule has 1 amide bonds. The lowest BCUT2D eigenvalue weighted by Gasteiger charge is -2.26. The fourth-order valence-electron chi connectivity index (χ4n) is 4.87. The second kappa shape index (κ2) is 10.7. The first-order valence-electron chi connectivity index (χ1n) is 12.2. The van der Waals surface area contributed by atoms with Crippen molar-refractivity contribution in [1.82, 2.24) is 19.6 Å². The third-order valence-electron chi connectivity index (χ3n) is 6.94. The van der Waals surface area contributed by atoms with Crippen LogP contribution in [0.2, 0.25) is 5.02 Å². The van der Waals surface area contributed by atoms with E-state index in [2.05, 4.69) is 14.7 Å². The Labute approximate surface area is 237 Å². The van der Waals surface area contributed by atoms with Crippen molar-refractivity contribution in [3.63, 3.8) is 0 Å². The van der Waals surface area contributed by atoms with Crippen LogP contribution in [0.1, 0.15) is 18.4 Å². The van der Waals surface area contributed by atoms with Gasteiger partial charge in [-0.05, 0) is 35.6 Å². The number of alkyl halides is 2. The molecule has 11 nitrogen and oxygen atoms in total. The van der Waals surface area contributed by atoms with Gasteiger partial charge in [-0.2, -0.15) is 4.72 Å². The zero-order valence-corrected chi connectivity index (χ0v) is 23.5. The summed E-state index contributed by atoms with van der Waals surface area (Å²) < 4.78 is 60.4. The largest absolute Gasteiger partial charge is 0.467 e. The summed E-state index contributed by atoms with van der Waals surface area (Å²) in [6.07, 6.45) is 2.41. The number of likely N-dealkylation sites (tertiary alicyclic amines) is 1. The fourth-order valence-corrected chi connectivity index (χ4v) is 7.50. The first-order valence-corrected chi connectivity index (χ1v) is 14.9. The number of pyridine rings is 1. The molecule has 2 aliphatic rings. The van der Waals surface area contributed by atoms with Crippen molar-refractivity contribution in [3.05, 3.63) is 41.2 Å². The van der Waals surface area contributed by atoms with Crippen molar-refractivity contribution in [2.45, 2.75) is 41.5 Å². The number of esters is 1. The maximum atomic E-state index is 13.6. The quantitative estimate of drug-likeness (QED) is 0.365. The summed E-state index contributed by atoms with van der Waals surface area (Å²) in [4.78, 5) is 36.7. The number of amides is 1. The number of methoxy groups -OCH3 is 1. The number of anilines is 2. The third-order valence-corrected chi connectivity index (χ3v) is 10.3. The number of hydrogen-bond donors (Lipinski definition) is 2. The van der Waals surface area contributed by atoms with E-state index in [4.69, 9.17) is 22.1 Å². The molecule has 3 N–H and O–H groups in total. The molecule has 214 valence electrons. The van der Waals surface area contributed by atoms with Gasteiger partial charge in [0.25, 0.3) is 15.9 Å². The van der Waals surface area contributed by atoms with Crippen molar-refractivity contribution in [2.24, 2.45) is 0 Å². The molecule has 0 spiro atoms. The van der Waals surface area contributed by atoms with Crippen molar-refractivity contribution in [2.75, 3.05) is 37.4 Å². The van der Waals surface area contributed by atoms with Crippen LogP contribution in [0.25, 0.3) is 10.8 Å². The molecular weight excluding hydrogens is 590 g/mol. The number of thiazole rings is 1. The van der Waals surface area contributed by atoms with Crippen LogP contribution in [0.15, 0.2) is 34.8 Å². The Balaban J connectivity index is 1.32. The van der Waals surface area contributed by atoms with Crippen LogP contribution in [0.3, 0.4) is 0 Å². The van der Waals surface area contributed by atoms with Crippen molar-refractivity contribution in [3.8, 4) is 0 Å². The van der Waals surface area contributed by atoms with Gasteiger partial charge in [-0.15, -0.1) is 0 Å². The summed E-state index contributed by atoms with van der Waals surface area (Å²) >= 11 is 7.23. The second-order valence-corrected chi connectivity index (χ2v) is 12.9. The van der Waals surface area contributed by atoms with Gasteiger partial charge in [0.05, 0.1) is 19.9 Å². The number of carbonyl (C=O) groups excluding carboxylic acids is 2. The molecule has 2 aromatic heterocycles. The van der Waals surface area contributed by atoms with E-state index < -0.39 is 46.5 Å². The molecule has 2 atom stereocenters. The van der Waals surface area contributed by atoms with Gasteiger partial charge in [-0.25, -0.2) is 32.0 Å². The number of benzene rings is 1. The summed E-state index contributed by atoms with van der Waals surface area (Å²) in [5.41, 5.74) is 6.49. The lowest BCUT2D eigenvalue weighted by molar-refractivity contribution is -0.151. The van der Waals surface area contributed by atoms with E-state index in [0.29, 0.717) is 21.8 Å². The van der Waals surface area contributed by atoms with Crippen LogP contribution in [-0.4, -0.2) is 79.9 Å². The lowest BCUT2D eigenvalue weighted by atomic mass is 10.0. The minimum atomic E-state index is -4.19. The highest BCUT2D eigenvalue weighted by atomic mass is 35.5. The monoisotopic (exact) mass is 614 g/mol. The molecule has 0 aliphatic carbocycles. The van der Waals surface area contributed by atoms with E-state index in [-0.39, 0.29) is 41.7 Å². The molecule has 40 heavy (non-hydrogen) atoms. The highest BCUT2D eigenvalue weighted by Crippen LogP contribution is 2.35. The summed E-state index contributed by atoms with van der Waals surface area (Å²) in [7, 11) is -3.00. The van der Waals surface area contributed by atoms with Crippen LogP contribution in [-0.2, 0) is 30.8 Å². The van der Waals surface area contributed by atoms with Crippen LogP contribution in [0, 0.1) is 0 Å². The van der Waals surface area contributed by atoms with Gasteiger partial charge >= 0.3 is 5.97 Å². The molecule has 1 aromatic carbocycles. The van der Waals surface area contributed by atoms with Crippen LogP contribution in [0.5, 0.6) is 0 Å². The molecule has 0 saturated carbocycles. The fraction of sp³-hybridized carbons (Fsp3) is 0.417. The first-order chi connectivity index (χ1) is 18.9. The predicted octanol–water partition coefficient (Wildman–Crippen LogP) is 2.44. The number of hydrogen-bond acceptors (Lipinski definition) is 10. The van der Waals surface area contributed by atoms with Crippen molar-refractivity contribution < 1.29 is 31.5 Å². The molecule has 3 aromatic rings. The van der Waals surface area contributed by atoms with E-state index in [1.54, 1.807) is 24.4 Å². The Bertz CT molecular complexity index is 1590. The number of nitrogens with one attached hydrogen (secondary N) is 1. The molecule has 16 heteroatoms. The molecular formula is C24H25ClF2N6O5S2. The number of sulfonamides is 1. The minimum absolute atomic E-state index is 0.0214. The van der Waals surface area contributed by atoms with Gasteiger partial charge in [0.1, 0.15) is 17.9 Å². The number of nitrogen functional groups attached to an aromatic ring is 1. The zero-order chi connectivity index (χ0) is 28.8. The average molecular weight is 615 g/mol. The first kappa shape index (κ1) is 28.4. The summed E-state index contributed by atoms with van der Waals surface area (Å²) in [6, 6.07) is 2.93. The van der Waals surface area contributed by atoms with Gasteiger partial charge < -0.3 is 20.3 Å². The second-order valence-electron chi connectivity index (χ2n) is 9.59. The van der Waals surface area contributed by atoms with E-state index in [1.807, 2.05) is 0 Å². The Morgan fingerprint density at radius 3 is 2.83 bits per heavy atom. The highest BCUT2D eigenvalue weighted by molar-refractivity contribution is 7.91. The summed E-state index contributed by atoms with van der Waals surface area (Å²) in [5.74, 6) is -3.85. The molecule has 4 heterocycles. The highest BCUT2D eigenvalue weighted by Gasteiger charge is 2.43. The van der Waals surface area contributed by atoms with Gasteiger partial charge in [-0.3, -0.25) is 4.79 Å². The lowest BCUT2D eigenvalue weighted by Crippen LogP contribution is -2.48. The number of fused-ring (bicyclic) bond motifs is 1. The number of ether oxygens (including phenoxy) is 1. The minimum Gasteiger partial charge on any atom is -0.467 e. The molecule has 0 radical (unpaired) electrons. The molecule has 2 saturated heterocycles. The number of nitrogens with two attached hydrogens (primary N) is 1. The molecule has 2 unspecified atom stereocenters. The van der Waals surface area contributed by atoms with Gasteiger partial charge in [0, 0.05) is 42.5 Å². The van der Waals surface area contributed by atoms with Gasteiger partial charge in [-0.1, -0.05) is 22.9 Å². The molecule has 2 fully saturated rings. The van der Waals surface area contributed by atoms with Gasteiger partial charge in [0.15, 0.2) is 9.34 Å². The topological polar surface area (TPSA) is 148 Å². The number of rotatable bonds is 8. The van der Waals surface area contributed by atoms with Crippen LogP contribution < -0.4 is 15.4 Å². The number of nitrogens with zero attached hydrogens (tertiary/aromatic N) is 4. The van der Waals surface area contributed by atoms with E-state index in [9.17, 15) is 26.8 Å². The number of aromatic nitrogens is 2. The number of halogens is 3. The Morgan fingerprint density at radius 2 is 2.12 bits per heavy atom. The predicted molar refractivity (Wildman–Crippen MR) is 145 cm³/mol. The average Bonchev–Trinajstić information content (AvgIpc) is 3.62.